The summed E-state index contributed by atoms with van der Waals surface area (Å²) in [5.41, 5.74) is 1.45. The molecule has 0 aliphatic rings. The summed E-state index contributed by atoms with van der Waals surface area (Å²) in [6, 6.07) is 16.1. The van der Waals surface area contributed by atoms with Gasteiger partial charge >= 0.3 is 0 Å². The van der Waals surface area contributed by atoms with E-state index in [9.17, 15) is 9.59 Å². The Morgan fingerprint density at radius 2 is 1.81 bits per heavy atom. The first-order chi connectivity index (χ1) is 13.2. The van der Waals surface area contributed by atoms with Gasteiger partial charge in [0, 0.05) is 5.56 Å². The normalized spacial score (nSPS) is 10.9. The monoisotopic (exact) mass is 360 g/mol. The molecule has 0 saturated carbocycles. The second-order valence-corrected chi connectivity index (χ2v) is 5.96. The largest absolute Gasteiger partial charge is 0.497 e. The number of nitrogens with zero attached hydrogens (tertiary/aromatic N) is 4. The zero-order valence-corrected chi connectivity index (χ0v) is 14.6. The summed E-state index contributed by atoms with van der Waals surface area (Å²) in [5.74, 6) is 0.575. The summed E-state index contributed by atoms with van der Waals surface area (Å²) in [6.07, 6.45) is 2.85. The Morgan fingerprint density at radius 3 is 2.52 bits per heavy atom. The van der Waals surface area contributed by atoms with E-state index in [1.165, 1.54) is 17.1 Å². The van der Waals surface area contributed by atoms with Crippen molar-refractivity contribution in [3.8, 4) is 11.4 Å². The molecular formula is C20H16N4O3. The van der Waals surface area contributed by atoms with Gasteiger partial charge in [-0.2, -0.15) is 5.10 Å². The van der Waals surface area contributed by atoms with E-state index in [4.69, 9.17) is 4.74 Å². The van der Waals surface area contributed by atoms with Gasteiger partial charge < -0.3 is 4.74 Å². The van der Waals surface area contributed by atoms with Crippen LogP contribution in [0.15, 0.2) is 71.9 Å². The molecule has 2 heterocycles. The molecule has 0 unspecified atom stereocenters. The van der Waals surface area contributed by atoms with E-state index in [2.05, 4.69) is 10.1 Å². The van der Waals surface area contributed by atoms with E-state index < -0.39 is 0 Å². The van der Waals surface area contributed by atoms with Gasteiger partial charge in [-0.3, -0.25) is 14.2 Å². The lowest BCUT2D eigenvalue weighted by molar-refractivity contribution is 0.0970. The van der Waals surface area contributed by atoms with Crippen molar-refractivity contribution in [3.63, 3.8) is 0 Å². The third-order valence-corrected chi connectivity index (χ3v) is 4.28. The molecule has 4 rings (SSSR count). The number of rotatable bonds is 5. The van der Waals surface area contributed by atoms with Crippen molar-refractivity contribution in [1.82, 2.24) is 19.3 Å². The molecule has 7 heteroatoms. The highest BCUT2D eigenvalue weighted by Gasteiger charge is 2.14. The predicted octanol–water partition coefficient (Wildman–Crippen LogP) is 2.47. The highest BCUT2D eigenvalue weighted by Crippen LogP contribution is 2.17. The van der Waals surface area contributed by atoms with Crippen LogP contribution in [0.25, 0.3) is 16.7 Å². The van der Waals surface area contributed by atoms with Crippen LogP contribution in [0.1, 0.15) is 10.4 Å². The molecule has 2 aromatic carbocycles. The van der Waals surface area contributed by atoms with E-state index in [0.717, 1.165) is 11.4 Å². The van der Waals surface area contributed by atoms with Crippen LogP contribution in [0.2, 0.25) is 0 Å². The third-order valence-electron chi connectivity index (χ3n) is 4.28. The minimum Gasteiger partial charge on any atom is -0.497 e. The molecule has 27 heavy (non-hydrogen) atoms. The lowest BCUT2D eigenvalue weighted by Crippen LogP contribution is -2.24. The Bertz CT molecular complexity index is 1160. The number of hydrogen-bond acceptors (Lipinski definition) is 5. The van der Waals surface area contributed by atoms with Crippen LogP contribution in [0.5, 0.6) is 5.75 Å². The van der Waals surface area contributed by atoms with Gasteiger partial charge in [0.05, 0.1) is 25.5 Å². The first kappa shape index (κ1) is 16.7. The van der Waals surface area contributed by atoms with Crippen molar-refractivity contribution in [2.24, 2.45) is 0 Å². The number of benzene rings is 2. The van der Waals surface area contributed by atoms with Crippen molar-refractivity contribution in [2.45, 2.75) is 6.54 Å². The number of Topliss-reactive ketones (excluding diaryl/α,β-unsaturated/α-hetero) is 1. The molecule has 134 valence electrons. The zero-order valence-electron chi connectivity index (χ0n) is 14.6. The first-order valence-electron chi connectivity index (χ1n) is 8.33. The summed E-state index contributed by atoms with van der Waals surface area (Å²) in [7, 11) is 1.60. The highest BCUT2D eigenvalue weighted by atomic mass is 16.5. The molecule has 0 fully saturated rings. The molecule has 4 aromatic rings. The molecule has 0 bridgehead atoms. The Hall–Kier alpha value is -3.74. The average Bonchev–Trinajstić information content (AvgIpc) is 3.15. The van der Waals surface area contributed by atoms with Crippen LogP contribution in [0, 0.1) is 0 Å². The van der Waals surface area contributed by atoms with Crippen LogP contribution >= 0.6 is 0 Å². The van der Waals surface area contributed by atoms with Crippen molar-refractivity contribution in [1.29, 1.82) is 0 Å². The van der Waals surface area contributed by atoms with Gasteiger partial charge in [0.25, 0.3) is 5.56 Å². The van der Waals surface area contributed by atoms with Gasteiger partial charge in [-0.15, -0.1) is 0 Å². The topological polar surface area (TPSA) is 79.0 Å². The minimum atomic E-state index is -0.302. The molecule has 0 spiro atoms. The quantitative estimate of drug-likeness (QED) is 0.511. The van der Waals surface area contributed by atoms with Crippen LogP contribution < -0.4 is 10.3 Å². The zero-order chi connectivity index (χ0) is 18.8. The molecule has 0 aliphatic carbocycles. The average molecular weight is 360 g/mol. The summed E-state index contributed by atoms with van der Waals surface area (Å²) in [4.78, 5) is 29.5. The number of hydrogen-bond donors (Lipinski definition) is 0. The maximum atomic E-state index is 12.7. The second-order valence-electron chi connectivity index (χ2n) is 5.96. The van der Waals surface area contributed by atoms with Crippen LogP contribution in [-0.4, -0.2) is 32.2 Å². The van der Waals surface area contributed by atoms with Crippen LogP contribution in [-0.2, 0) is 6.54 Å². The van der Waals surface area contributed by atoms with Crippen LogP contribution in [0.4, 0.5) is 0 Å². The van der Waals surface area contributed by atoms with Gasteiger partial charge in [-0.05, 0) is 24.3 Å². The molecule has 0 amide bonds. The Morgan fingerprint density at radius 1 is 1.07 bits per heavy atom. The maximum Gasteiger partial charge on any atom is 0.264 e. The second kappa shape index (κ2) is 6.87. The third kappa shape index (κ3) is 3.10. The summed E-state index contributed by atoms with van der Waals surface area (Å²) in [6.45, 7) is -0.0699. The molecule has 0 atom stereocenters. The van der Waals surface area contributed by atoms with Crippen molar-refractivity contribution in [3.05, 3.63) is 83.0 Å². The van der Waals surface area contributed by atoms with Gasteiger partial charge in [0.15, 0.2) is 11.4 Å². The number of ketones is 1. The fraction of sp³-hybridized carbons (Fsp3) is 0.100. The first-order valence-corrected chi connectivity index (χ1v) is 8.33. The maximum absolute atomic E-state index is 12.7. The summed E-state index contributed by atoms with van der Waals surface area (Å²) >= 11 is 0. The van der Waals surface area contributed by atoms with Crippen molar-refractivity contribution >= 4 is 16.8 Å². The van der Waals surface area contributed by atoms with E-state index >= 15 is 0 Å². The van der Waals surface area contributed by atoms with E-state index in [0.29, 0.717) is 16.6 Å². The Balaban J connectivity index is 1.69. The molecular weight excluding hydrogens is 344 g/mol. The van der Waals surface area contributed by atoms with Gasteiger partial charge in [0.2, 0.25) is 0 Å². The Kier molecular flexibility index (Phi) is 4.25. The number of carbonyl (C=O) groups excluding carboxylic acids is 1. The van der Waals surface area contributed by atoms with Crippen LogP contribution in [0.3, 0.4) is 0 Å². The van der Waals surface area contributed by atoms with Crippen molar-refractivity contribution in [2.75, 3.05) is 7.11 Å². The lowest BCUT2D eigenvalue weighted by Gasteiger charge is -2.06. The van der Waals surface area contributed by atoms with Gasteiger partial charge in [-0.1, -0.05) is 30.3 Å². The fourth-order valence-electron chi connectivity index (χ4n) is 2.84. The number of carbonyl (C=O) groups is 1. The number of aromatic nitrogens is 4. The number of fused-ring (bicyclic) bond motifs is 1. The standard InChI is InChI=1S/C20H16N4O3/c1-27-16-9-7-15(8-10-16)24-19-17(11-22-24)20(26)23(13-21-19)12-18(25)14-5-3-2-4-6-14/h2-11,13H,12H2,1H3. The van der Waals surface area contributed by atoms with E-state index in [-0.39, 0.29) is 17.9 Å². The lowest BCUT2D eigenvalue weighted by atomic mass is 10.1. The predicted molar refractivity (Wildman–Crippen MR) is 100 cm³/mol. The summed E-state index contributed by atoms with van der Waals surface area (Å²) in [5, 5.41) is 4.63. The Labute approximate surface area is 154 Å². The smallest absolute Gasteiger partial charge is 0.264 e. The van der Waals surface area contributed by atoms with E-state index in [1.54, 1.807) is 36.1 Å². The van der Waals surface area contributed by atoms with Gasteiger partial charge in [-0.25, -0.2) is 9.67 Å². The highest BCUT2D eigenvalue weighted by molar-refractivity contribution is 5.95. The SMILES string of the molecule is COc1ccc(-n2ncc3c(=O)n(CC(=O)c4ccccc4)cnc32)cc1. The molecule has 0 aliphatic heterocycles. The van der Waals surface area contributed by atoms with E-state index in [1.807, 2.05) is 30.3 Å². The number of methoxy groups -OCH3 is 1. The fourth-order valence-corrected chi connectivity index (χ4v) is 2.84. The number of ether oxygens (including phenoxy) is 1. The molecule has 2 aromatic heterocycles. The molecule has 0 N–H and O–H groups in total. The summed E-state index contributed by atoms with van der Waals surface area (Å²) < 4.78 is 8.04. The molecule has 0 radical (unpaired) electrons. The van der Waals surface area contributed by atoms with Crippen molar-refractivity contribution < 1.29 is 9.53 Å². The molecule has 7 nitrogen and oxygen atoms in total. The minimum absolute atomic E-state index is 0.0699. The van der Waals surface area contributed by atoms with Gasteiger partial charge in [0.1, 0.15) is 17.5 Å². The molecule has 0 saturated heterocycles.